The van der Waals surface area contributed by atoms with Crippen LogP contribution in [0, 0.1) is 23.7 Å². The number of nitriles is 1. The van der Waals surface area contributed by atoms with Gasteiger partial charge in [-0.3, -0.25) is 14.5 Å². The maximum Gasteiger partial charge on any atom is 0.219 e. The minimum Gasteiger partial charge on any atom is -0.384 e. The minimum atomic E-state index is -0.796. The Labute approximate surface area is 250 Å². The molecule has 1 atom stereocenters. The van der Waals surface area contributed by atoms with Crippen molar-refractivity contribution in [1.82, 2.24) is 10.2 Å². The van der Waals surface area contributed by atoms with Gasteiger partial charge < -0.3 is 5.73 Å². The number of nitrogens with two attached hydrogens (primary N) is 1. The molecule has 2 heterocycles. The number of aromatic nitrogens is 2. The molecule has 3 aromatic rings. The molecule has 204 valence electrons. The standard InChI is InChI=1S/C29H25Cl2N5O2S2/c1-15-7-9-16(10-8-15)22(38)14-39-28-35-34-27(40-28)36-20-11-29(2,3)12-21(37)25(20)23(17(13-32)26(36)33)24-18(30)5-4-6-19(24)31/h4-10,23H,11-12,14,33H2,1-3H3. The van der Waals surface area contributed by atoms with Crippen LogP contribution in [0.1, 0.15) is 54.1 Å². The van der Waals surface area contributed by atoms with Gasteiger partial charge in [-0.1, -0.05) is 96.0 Å². The van der Waals surface area contributed by atoms with Crippen LogP contribution >= 0.6 is 46.3 Å². The van der Waals surface area contributed by atoms with Crippen molar-refractivity contribution < 1.29 is 9.59 Å². The van der Waals surface area contributed by atoms with Crippen LogP contribution in [-0.2, 0) is 4.79 Å². The number of ketones is 2. The fourth-order valence-corrected chi connectivity index (χ4v) is 7.49. The Kier molecular flexibility index (Phi) is 7.81. The zero-order valence-corrected chi connectivity index (χ0v) is 25.1. The average Bonchev–Trinajstić information content (AvgIpc) is 3.35. The fraction of sp³-hybridized carbons (Fsp3) is 0.276. The maximum absolute atomic E-state index is 13.7. The van der Waals surface area contributed by atoms with E-state index in [9.17, 15) is 14.9 Å². The van der Waals surface area contributed by atoms with Crippen LogP contribution in [0.5, 0.6) is 0 Å². The zero-order chi connectivity index (χ0) is 28.8. The molecule has 0 saturated heterocycles. The van der Waals surface area contributed by atoms with Crippen LogP contribution in [0.15, 0.2) is 69.5 Å². The highest BCUT2D eigenvalue weighted by molar-refractivity contribution is 8.01. The number of benzene rings is 2. The van der Waals surface area contributed by atoms with Crippen molar-refractivity contribution in [2.24, 2.45) is 11.1 Å². The third-order valence-corrected chi connectivity index (χ3v) is 9.66. The van der Waals surface area contributed by atoms with Crippen molar-refractivity contribution in [3.63, 3.8) is 0 Å². The Morgan fingerprint density at radius 2 is 1.85 bits per heavy atom. The average molecular weight is 611 g/mol. The zero-order valence-electron chi connectivity index (χ0n) is 22.0. The monoisotopic (exact) mass is 609 g/mol. The van der Waals surface area contributed by atoms with Crippen LogP contribution in [0.2, 0.25) is 10.0 Å². The summed E-state index contributed by atoms with van der Waals surface area (Å²) in [5, 5.41) is 20.0. The van der Waals surface area contributed by atoms with E-state index in [4.69, 9.17) is 28.9 Å². The number of allylic oxidation sites excluding steroid dienone is 3. The highest BCUT2D eigenvalue weighted by atomic mass is 35.5. The van der Waals surface area contributed by atoms with Gasteiger partial charge in [-0.2, -0.15) is 5.26 Å². The fourth-order valence-electron chi connectivity index (χ4n) is 5.10. The van der Waals surface area contributed by atoms with Crippen molar-refractivity contribution in [1.29, 1.82) is 5.26 Å². The molecule has 0 spiro atoms. The third-order valence-electron chi connectivity index (χ3n) is 6.96. The summed E-state index contributed by atoms with van der Waals surface area (Å²) < 4.78 is 0.571. The lowest BCUT2D eigenvalue weighted by Crippen LogP contribution is -2.42. The molecule has 2 aromatic carbocycles. The summed E-state index contributed by atoms with van der Waals surface area (Å²) in [5.41, 5.74) is 9.79. The molecule has 5 rings (SSSR count). The van der Waals surface area contributed by atoms with Gasteiger partial charge in [0.1, 0.15) is 5.82 Å². The smallest absolute Gasteiger partial charge is 0.219 e. The summed E-state index contributed by atoms with van der Waals surface area (Å²) in [6, 6.07) is 14.7. The van der Waals surface area contributed by atoms with Gasteiger partial charge in [-0.15, -0.1) is 10.2 Å². The number of anilines is 1. The van der Waals surface area contributed by atoms with E-state index in [2.05, 4.69) is 16.3 Å². The summed E-state index contributed by atoms with van der Waals surface area (Å²) in [6.45, 7) is 6.00. The molecule has 0 radical (unpaired) electrons. The topological polar surface area (TPSA) is 113 Å². The maximum atomic E-state index is 13.7. The lowest BCUT2D eigenvalue weighted by atomic mass is 9.68. The molecule has 0 amide bonds. The summed E-state index contributed by atoms with van der Waals surface area (Å²) in [4.78, 5) is 28.1. The predicted octanol–water partition coefficient (Wildman–Crippen LogP) is 7.07. The Morgan fingerprint density at radius 1 is 1.18 bits per heavy atom. The molecule has 1 aliphatic carbocycles. The Bertz CT molecular complexity index is 1620. The van der Waals surface area contributed by atoms with Crippen LogP contribution < -0.4 is 10.6 Å². The van der Waals surface area contributed by atoms with Crippen LogP contribution in [0.25, 0.3) is 0 Å². The van der Waals surface area contributed by atoms with Crippen molar-refractivity contribution in [2.75, 3.05) is 10.7 Å². The normalized spacial score (nSPS) is 18.6. The van der Waals surface area contributed by atoms with Crippen molar-refractivity contribution >= 4 is 63.0 Å². The molecule has 1 aromatic heterocycles. The summed E-state index contributed by atoms with van der Waals surface area (Å²) in [6.07, 6.45) is 0.815. The number of hydrogen-bond donors (Lipinski definition) is 1. The molecule has 0 saturated carbocycles. The van der Waals surface area contributed by atoms with E-state index in [1.807, 2.05) is 45.0 Å². The van der Waals surface area contributed by atoms with Gasteiger partial charge in [0.05, 0.1) is 23.3 Å². The lowest BCUT2D eigenvalue weighted by molar-refractivity contribution is -0.118. The molecule has 0 fully saturated rings. The third kappa shape index (κ3) is 5.29. The molecule has 1 unspecified atom stereocenters. The lowest BCUT2D eigenvalue weighted by Gasteiger charge is -2.42. The first-order valence-electron chi connectivity index (χ1n) is 12.5. The molecule has 1 aliphatic heterocycles. The second-order valence-electron chi connectivity index (χ2n) is 10.5. The first-order chi connectivity index (χ1) is 19.0. The highest BCUT2D eigenvalue weighted by Crippen LogP contribution is 2.52. The molecule has 7 nitrogen and oxygen atoms in total. The second kappa shape index (κ2) is 11.0. The van der Waals surface area contributed by atoms with E-state index in [1.54, 1.807) is 23.1 Å². The molecule has 2 N–H and O–H groups in total. The van der Waals surface area contributed by atoms with Crippen molar-refractivity contribution in [2.45, 2.75) is 43.9 Å². The van der Waals surface area contributed by atoms with E-state index in [0.29, 0.717) is 54.8 Å². The molecule has 0 bridgehead atoms. The first-order valence-corrected chi connectivity index (χ1v) is 15.0. The highest BCUT2D eigenvalue weighted by Gasteiger charge is 2.46. The first kappa shape index (κ1) is 28.4. The van der Waals surface area contributed by atoms with Gasteiger partial charge in [0, 0.05) is 38.9 Å². The number of Topliss-reactive ketones (excluding diaryl/α,β-unsaturated/α-hetero) is 2. The number of nitrogens with zero attached hydrogens (tertiary/aromatic N) is 4. The van der Waals surface area contributed by atoms with Gasteiger partial charge in [0.25, 0.3) is 0 Å². The van der Waals surface area contributed by atoms with Gasteiger partial charge in [0.15, 0.2) is 15.9 Å². The molecule has 2 aliphatic rings. The van der Waals surface area contributed by atoms with Gasteiger partial charge in [-0.05, 0) is 30.9 Å². The van der Waals surface area contributed by atoms with Gasteiger partial charge >= 0.3 is 0 Å². The van der Waals surface area contributed by atoms with E-state index >= 15 is 0 Å². The largest absolute Gasteiger partial charge is 0.384 e. The number of halogens is 2. The van der Waals surface area contributed by atoms with Crippen LogP contribution in [0.4, 0.5) is 5.13 Å². The van der Waals surface area contributed by atoms with Crippen molar-refractivity contribution in [3.8, 4) is 6.07 Å². The van der Waals surface area contributed by atoms with Gasteiger partial charge in [-0.25, -0.2) is 0 Å². The van der Waals surface area contributed by atoms with E-state index in [-0.39, 0.29) is 34.1 Å². The summed E-state index contributed by atoms with van der Waals surface area (Å²) in [5.74, 6) is -0.569. The number of aryl methyl sites for hydroxylation is 1. The van der Waals surface area contributed by atoms with Gasteiger partial charge in [0.2, 0.25) is 5.13 Å². The van der Waals surface area contributed by atoms with Crippen LogP contribution in [-0.4, -0.2) is 27.5 Å². The Hall–Kier alpha value is -3.16. The summed E-state index contributed by atoms with van der Waals surface area (Å²) in [7, 11) is 0. The molecular formula is C29H25Cl2N5O2S2. The number of hydrogen-bond acceptors (Lipinski definition) is 9. The minimum absolute atomic E-state index is 0.0185. The van der Waals surface area contributed by atoms with E-state index in [1.165, 1.54) is 23.1 Å². The number of carbonyl (C=O) groups is 2. The Balaban J connectivity index is 1.54. The summed E-state index contributed by atoms with van der Waals surface area (Å²) >= 11 is 15.7. The molecule has 11 heteroatoms. The Morgan fingerprint density at radius 3 is 2.50 bits per heavy atom. The number of rotatable bonds is 6. The molecule has 40 heavy (non-hydrogen) atoms. The predicted molar refractivity (Wildman–Crippen MR) is 160 cm³/mol. The number of carbonyl (C=O) groups excluding carboxylic acids is 2. The van der Waals surface area contributed by atoms with E-state index in [0.717, 1.165) is 5.56 Å². The van der Waals surface area contributed by atoms with E-state index < -0.39 is 5.92 Å². The second-order valence-corrected chi connectivity index (χ2v) is 13.5. The quantitative estimate of drug-likeness (QED) is 0.233. The van der Waals surface area contributed by atoms with Crippen molar-refractivity contribution in [3.05, 3.63) is 91.9 Å². The van der Waals surface area contributed by atoms with Crippen LogP contribution in [0.3, 0.4) is 0 Å². The SMILES string of the molecule is Cc1ccc(C(=O)CSc2nnc(N3C(N)=C(C#N)C(c4c(Cl)cccc4Cl)C4=C3CC(C)(C)CC4=O)s2)cc1. The molecular weight excluding hydrogens is 585 g/mol. The number of thioether (sulfide) groups is 1.